The van der Waals surface area contributed by atoms with E-state index in [1.54, 1.807) is 0 Å². The van der Waals surface area contributed by atoms with Crippen LogP contribution in [-0.4, -0.2) is 15.8 Å². The first kappa shape index (κ1) is 50.4. The number of rotatable bonds is 3. The zero-order valence-electron chi connectivity index (χ0n) is 51.2. The van der Waals surface area contributed by atoms with Crippen LogP contribution in [0.1, 0.15) is 153 Å². The Morgan fingerprint density at radius 2 is 0.952 bits per heavy atom. The van der Waals surface area contributed by atoms with E-state index in [4.69, 9.17) is 0 Å². The van der Waals surface area contributed by atoms with E-state index >= 15 is 0 Å². The third-order valence-electron chi connectivity index (χ3n) is 21.4. The van der Waals surface area contributed by atoms with Gasteiger partial charge < -0.3 is 9.13 Å². The van der Waals surface area contributed by atoms with Crippen molar-refractivity contribution in [2.75, 3.05) is 0 Å². The number of benzene rings is 10. The Hall–Kier alpha value is -8.14. The van der Waals surface area contributed by atoms with Gasteiger partial charge in [-0.2, -0.15) is 0 Å². The van der Waals surface area contributed by atoms with Gasteiger partial charge in [0, 0.05) is 38.6 Å². The van der Waals surface area contributed by atoms with Crippen LogP contribution in [0.2, 0.25) is 0 Å². The van der Waals surface area contributed by atoms with Crippen molar-refractivity contribution in [3.8, 4) is 56.0 Å². The SMILES string of the molecule is CC(C)(C)c1ccc(-c2c(-c3cc4c(cc3-c3ccccc3)C(C)(C)CCC4(C)C)c3cc4ccccc4c4c3n2-c2ccc3c5c2B4c2cc(C(C)(C)C)cc4c6cc(C(C)(C)C)cc(c6n-5c24)C32c3ccccc3-c3ccccc32)cc1. The topological polar surface area (TPSA) is 9.86 Å². The van der Waals surface area contributed by atoms with Crippen molar-refractivity contribution in [3.05, 3.63) is 232 Å². The van der Waals surface area contributed by atoms with Crippen LogP contribution in [0.3, 0.4) is 0 Å². The molecule has 0 saturated heterocycles. The lowest BCUT2D eigenvalue weighted by Crippen LogP contribution is -2.61. The van der Waals surface area contributed by atoms with Gasteiger partial charge in [-0.25, -0.2) is 0 Å². The third kappa shape index (κ3) is 6.33. The second-order valence-corrected chi connectivity index (χ2v) is 30.3. The Morgan fingerprint density at radius 1 is 0.381 bits per heavy atom. The first-order valence-electron chi connectivity index (χ1n) is 31.1. The summed E-state index contributed by atoms with van der Waals surface area (Å²) in [6, 6.07) is 72.9. The van der Waals surface area contributed by atoms with Gasteiger partial charge in [0.1, 0.15) is 0 Å². The molecule has 5 heterocycles. The highest BCUT2D eigenvalue weighted by Gasteiger charge is 2.55. The van der Waals surface area contributed by atoms with E-state index in [1.807, 2.05) is 0 Å². The summed E-state index contributed by atoms with van der Waals surface area (Å²) in [5.74, 6) is 0. The highest BCUT2D eigenvalue weighted by Crippen LogP contribution is 2.63. The van der Waals surface area contributed by atoms with Crippen LogP contribution >= 0.6 is 0 Å². The van der Waals surface area contributed by atoms with Crippen molar-refractivity contribution in [2.45, 2.75) is 135 Å². The van der Waals surface area contributed by atoms with Gasteiger partial charge in [0.2, 0.25) is 0 Å². The third-order valence-corrected chi connectivity index (χ3v) is 21.4. The van der Waals surface area contributed by atoms with Gasteiger partial charge in [0.15, 0.2) is 0 Å². The molecule has 0 saturated carbocycles. The molecule has 3 aliphatic heterocycles. The highest BCUT2D eigenvalue weighted by molar-refractivity contribution is 7.01. The van der Waals surface area contributed by atoms with Gasteiger partial charge in [-0.1, -0.05) is 236 Å². The summed E-state index contributed by atoms with van der Waals surface area (Å²) in [6.45, 7) is 31.4. The maximum atomic E-state index is 2.81. The maximum Gasteiger partial charge on any atom is 0.253 e. The summed E-state index contributed by atoms with van der Waals surface area (Å²) in [4.78, 5) is 0. The van der Waals surface area contributed by atoms with Crippen LogP contribution in [0.15, 0.2) is 182 Å². The molecule has 0 atom stereocenters. The molecular formula is C81H73BN2. The molecule has 3 heteroatoms. The Morgan fingerprint density at radius 3 is 1.60 bits per heavy atom. The molecule has 5 aliphatic rings. The number of hydrogen-bond acceptors (Lipinski definition) is 0. The van der Waals surface area contributed by atoms with Gasteiger partial charge in [0.25, 0.3) is 6.71 Å². The number of fused-ring (bicyclic) bond motifs is 14. The van der Waals surface area contributed by atoms with Crippen molar-refractivity contribution in [2.24, 2.45) is 0 Å². The lowest BCUT2D eigenvalue weighted by Gasteiger charge is -2.44. The van der Waals surface area contributed by atoms with Crippen molar-refractivity contribution in [3.63, 3.8) is 0 Å². The molecule has 84 heavy (non-hydrogen) atoms. The molecule has 410 valence electrons. The standard InChI is InChI=1S/C81H73BN2/c1-76(2,3)49-33-31-47(32-34-49)71-68(56-45-64-63(79(10,11)37-38-80(64,12)13)44-55(56)46-23-15-14-16-24-46)59-39-48-25-17-18-26-52(48)69-74(59)83(71)67-36-35-62-75-70(67)82(69)66-43-51(78(7,8)9)41-58-57-40-50(77(4,5)6)42-65(72(57)84(75)73(58)66)81(62)60-29-21-19-27-53(60)54-28-20-22-30-61(54)81/h14-36,39-45H,37-38H2,1-13H3. The molecule has 12 aromatic rings. The molecule has 2 nitrogen and oxygen atoms in total. The molecule has 0 bridgehead atoms. The molecule has 0 radical (unpaired) electrons. The van der Waals surface area contributed by atoms with Crippen molar-refractivity contribution >= 4 is 66.6 Å². The zero-order chi connectivity index (χ0) is 57.7. The van der Waals surface area contributed by atoms with Crippen LogP contribution in [0.4, 0.5) is 0 Å². The predicted molar refractivity (Wildman–Crippen MR) is 358 cm³/mol. The number of hydrogen-bond donors (Lipinski definition) is 0. The molecule has 2 aromatic heterocycles. The summed E-state index contributed by atoms with van der Waals surface area (Å²) in [6.07, 6.45) is 2.30. The quantitative estimate of drug-likeness (QED) is 0.156. The van der Waals surface area contributed by atoms with E-state index < -0.39 is 5.41 Å². The number of nitrogens with zero attached hydrogens (tertiary/aromatic N) is 2. The van der Waals surface area contributed by atoms with Crippen LogP contribution in [0, 0.1) is 0 Å². The molecule has 10 aromatic carbocycles. The lowest BCUT2D eigenvalue weighted by molar-refractivity contribution is 0.332. The molecule has 0 unspecified atom stereocenters. The predicted octanol–water partition coefficient (Wildman–Crippen LogP) is 18.9. The summed E-state index contributed by atoms with van der Waals surface area (Å²) in [7, 11) is 0. The fraction of sp³-hybridized carbons (Fsp3) is 0.259. The average molecular weight is 1090 g/mol. The Bertz CT molecular complexity index is 4890. The summed E-state index contributed by atoms with van der Waals surface area (Å²) >= 11 is 0. The smallest absolute Gasteiger partial charge is 0.253 e. The zero-order valence-corrected chi connectivity index (χ0v) is 51.2. The highest BCUT2D eigenvalue weighted by atomic mass is 15.1. The summed E-state index contributed by atoms with van der Waals surface area (Å²) in [5.41, 5.74) is 33.0. The first-order valence-corrected chi connectivity index (χ1v) is 31.1. The molecule has 2 aliphatic carbocycles. The van der Waals surface area contributed by atoms with Gasteiger partial charge >= 0.3 is 0 Å². The van der Waals surface area contributed by atoms with Crippen molar-refractivity contribution < 1.29 is 0 Å². The first-order chi connectivity index (χ1) is 40.1. The van der Waals surface area contributed by atoms with Gasteiger partial charge in [-0.3, -0.25) is 0 Å². The molecular weight excluding hydrogens is 1010 g/mol. The molecule has 17 rings (SSSR count). The minimum atomic E-state index is -0.591. The molecule has 1 spiro atoms. The second-order valence-electron chi connectivity index (χ2n) is 30.3. The Balaban J connectivity index is 1.12. The van der Waals surface area contributed by atoms with E-state index in [0.717, 1.165) is 12.8 Å². The van der Waals surface area contributed by atoms with Crippen molar-refractivity contribution in [1.82, 2.24) is 9.13 Å². The second kappa shape index (κ2) is 16.2. The largest absolute Gasteiger partial charge is 0.310 e. The van der Waals surface area contributed by atoms with E-state index in [1.165, 1.54) is 166 Å². The normalized spacial score (nSPS) is 16.3. The summed E-state index contributed by atoms with van der Waals surface area (Å²) < 4.78 is 5.61. The minimum Gasteiger partial charge on any atom is -0.310 e. The Kier molecular flexibility index (Phi) is 9.71. The monoisotopic (exact) mass is 1080 g/mol. The number of aromatic nitrogens is 2. The van der Waals surface area contributed by atoms with Crippen LogP contribution in [0.5, 0.6) is 0 Å². The van der Waals surface area contributed by atoms with Crippen LogP contribution < -0.4 is 16.4 Å². The van der Waals surface area contributed by atoms with E-state index in [0.29, 0.717) is 0 Å². The minimum absolute atomic E-state index is 0.0113. The van der Waals surface area contributed by atoms with Gasteiger partial charge in [-0.15, -0.1) is 0 Å². The van der Waals surface area contributed by atoms with E-state index in [9.17, 15) is 0 Å². The average Bonchev–Trinajstić information content (AvgIpc) is 1.42. The van der Waals surface area contributed by atoms with Crippen LogP contribution in [0.25, 0.3) is 99.5 Å². The maximum absolute atomic E-state index is 2.81. The molecule has 0 amide bonds. The van der Waals surface area contributed by atoms with E-state index in [2.05, 4.69) is 281 Å². The fourth-order valence-corrected chi connectivity index (χ4v) is 17.0. The van der Waals surface area contributed by atoms with Gasteiger partial charge in [-0.05, 0) is 187 Å². The lowest BCUT2D eigenvalue weighted by atomic mass is 9.33. The van der Waals surface area contributed by atoms with Gasteiger partial charge in [0.05, 0.1) is 22.1 Å². The van der Waals surface area contributed by atoms with E-state index in [-0.39, 0.29) is 33.8 Å². The summed E-state index contributed by atoms with van der Waals surface area (Å²) in [5, 5.41) is 6.64. The Labute approximate surface area is 496 Å². The van der Waals surface area contributed by atoms with Crippen LogP contribution in [-0.2, 0) is 32.5 Å². The fourth-order valence-electron chi connectivity index (χ4n) is 17.0. The molecule has 0 fully saturated rings. The molecule has 0 N–H and O–H groups in total. The van der Waals surface area contributed by atoms with Crippen molar-refractivity contribution in [1.29, 1.82) is 0 Å².